The first-order valence-corrected chi connectivity index (χ1v) is 11.4. The van der Waals surface area contributed by atoms with E-state index >= 15 is 0 Å². The number of carbonyl (C=O) groups is 2. The number of aryl methyl sites for hydroxylation is 2. The highest BCUT2D eigenvalue weighted by atomic mass is 16.5. The standard InChI is InChI=1S/C26H28N2O6/c1-15-11-18-19(27-34-22(18)12-16(15)2)13-23(30)28-9-7-26(8-10-28)14-20(29)17-5-6-21(31-3)25(32-4)24(17)33-26/h5-6,11-12H,7-10,13-14H2,1-4H3. The van der Waals surface area contributed by atoms with Crippen LogP contribution in [0.5, 0.6) is 17.2 Å². The number of amides is 1. The van der Waals surface area contributed by atoms with Crippen LogP contribution in [0.15, 0.2) is 28.8 Å². The number of piperidine rings is 1. The fourth-order valence-corrected chi connectivity index (χ4v) is 4.93. The van der Waals surface area contributed by atoms with E-state index in [1.165, 1.54) is 7.11 Å². The van der Waals surface area contributed by atoms with Gasteiger partial charge in [0.15, 0.2) is 22.9 Å². The summed E-state index contributed by atoms with van der Waals surface area (Å²) < 4.78 is 22.7. The molecular formula is C26H28N2O6. The molecule has 1 fully saturated rings. The molecule has 5 rings (SSSR count). The van der Waals surface area contributed by atoms with Crippen LogP contribution in [0, 0.1) is 13.8 Å². The summed E-state index contributed by atoms with van der Waals surface area (Å²) in [6, 6.07) is 7.41. The summed E-state index contributed by atoms with van der Waals surface area (Å²) >= 11 is 0. The van der Waals surface area contributed by atoms with Crippen LogP contribution in [0.2, 0.25) is 0 Å². The molecule has 34 heavy (non-hydrogen) atoms. The molecule has 1 spiro atoms. The van der Waals surface area contributed by atoms with Crippen molar-refractivity contribution in [1.82, 2.24) is 10.1 Å². The second kappa shape index (κ2) is 8.34. The Labute approximate surface area is 197 Å². The van der Waals surface area contributed by atoms with E-state index in [0.717, 1.165) is 16.5 Å². The van der Waals surface area contributed by atoms with Gasteiger partial charge in [0.25, 0.3) is 0 Å². The minimum Gasteiger partial charge on any atom is -0.493 e. The van der Waals surface area contributed by atoms with Crippen LogP contribution in [-0.2, 0) is 11.2 Å². The second-order valence-corrected chi connectivity index (χ2v) is 9.18. The molecule has 8 nitrogen and oxygen atoms in total. The van der Waals surface area contributed by atoms with E-state index in [-0.39, 0.29) is 24.5 Å². The van der Waals surface area contributed by atoms with Crippen LogP contribution in [0.25, 0.3) is 11.0 Å². The maximum Gasteiger partial charge on any atom is 0.228 e. The zero-order valence-corrected chi connectivity index (χ0v) is 19.9. The zero-order chi connectivity index (χ0) is 24.0. The summed E-state index contributed by atoms with van der Waals surface area (Å²) in [6.45, 7) is 5.06. The highest BCUT2D eigenvalue weighted by molar-refractivity contribution is 6.01. The van der Waals surface area contributed by atoms with Gasteiger partial charge in [-0.2, -0.15) is 0 Å². The first-order valence-electron chi connectivity index (χ1n) is 11.4. The van der Waals surface area contributed by atoms with Crippen molar-refractivity contribution in [3.8, 4) is 17.2 Å². The van der Waals surface area contributed by atoms with Crippen molar-refractivity contribution >= 4 is 22.7 Å². The number of hydrogen-bond acceptors (Lipinski definition) is 7. The van der Waals surface area contributed by atoms with Gasteiger partial charge in [0.1, 0.15) is 11.3 Å². The van der Waals surface area contributed by atoms with Gasteiger partial charge in [-0.15, -0.1) is 0 Å². The van der Waals surface area contributed by atoms with Crippen LogP contribution in [0.3, 0.4) is 0 Å². The molecule has 2 aliphatic heterocycles. The van der Waals surface area contributed by atoms with Gasteiger partial charge >= 0.3 is 0 Å². The van der Waals surface area contributed by atoms with Crippen LogP contribution in [-0.4, -0.2) is 54.7 Å². The molecule has 0 N–H and O–H groups in total. The molecule has 0 bridgehead atoms. The summed E-state index contributed by atoms with van der Waals surface area (Å²) in [5.41, 5.74) is 3.45. The van der Waals surface area contributed by atoms with Crippen molar-refractivity contribution < 1.29 is 28.3 Å². The smallest absolute Gasteiger partial charge is 0.228 e. The van der Waals surface area contributed by atoms with Crippen molar-refractivity contribution in [1.29, 1.82) is 0 Å². The lowest BCUT2D eigenvalue weighted by Crippen LogP contribution is -2.52. The quantitative estimate of drug-likeness (QED) is 0.576. The molecule has 3 heterocycles. The number of carbonyl (C=O) groups excluding carboxylic acids is 2. The average molecular weight is 465 g/mol. The van der Waals surface area contributed by atoms with Gasteiger partial charge in [0, 0.05) is 31.3 Å². The van der Waals surface area contributed by atoms with Crippen LogP contribution >= 0.6 is 0 Å². The molecule has 8 heteroatoms. The Kier molecular flexibility index (Phi) is 5.46. The first kappa shape index (κ1) is 22.3. The van der Waals surface area contributed by atoms with Crippen LogP contribution in [0.1, 0.15) is 46.4 Å². The van der Waals surface area contributed by atoms with E-state index in [1.807, 2.05) is 30.9 Å². The molecule has 178 valence electrons. The number of rotatable bonds is 4. The van der Waals surface area contributed by atoms with E-state index < -0.39 is 5.60 Å². The minimum absolute atomic E-state index is 0.00920. The van der Waals surface area contributed by atoms with Crippen molar-refractivity contribution in [3.63, 3.8) is 0 Å². The second-order valence-electron chi connectivity index (χ2n) is 9.18. The minimum atomic E-state index is -0.657. The van der Waals surface area contributed by atoms with E-state index in [0.29, 0.717) is 60.0 Å². The number of ether oxygens (including phenoxy) is 3. The third kappa shape index (κ3) is 3.67. The third-order valence-electron chi connectivity index (χ3n) is 7.11. The fraction of sp³-hybridized carbons (Fsp3) is 0.423. The summed E-state index contributed by atoms with van der Waals surface area (Å²) in [5, 5.41) is 5.03. The number of ketones is 1. The maximum atomic E-state index is 13.1. The average Bonchev–Trinajstić information content (AvgIpc) is 3.20. The molecule has 2 aliphatic rings. The topological polar surface area (TPSA) is 91.1 Å². The Hall–Kier alpha value is -3.55. The van der Waals surface area contributed by atoms with Crippen molar-refractivity contribution in [2.75, 3.05) is 27.3 Å². The van der Waals surface area contributed by atoms with Crippen LogP contribution < -0.4 is 14.2 Å². The van der Waals surface area contributed by atoms with Crippen molar-refractivity contribution in [2.45, 2.75) is 45.1 Å². The fourth-order valence-electron chi connectivity index (χ4n) is 4.93. The van der Waals surface area contributed by atoms with Gasteiger partial charge in [-0.1, -0.05) is 5.16 Å². The molecule has 1 saturated heterocycles. The molecule has 0 unspecified atom stereocenters. The number of benzene rings is 2. The van der Waals surface area contributed by atoms with Crippen LogP contribution in [0.4, 0.5) is 0 Å². The number of likely N-dealkylation sites (tertiary alicyclic amines) is 1. The SMILES string of the molecule is COc1ccc2c(c1OC)OC1(CCN(C(=O)Cc3noc4cc(C)c(C)cc34)CC1)CC2=O. The van der Waals surface area contributed by atoms with Gasteiger partial charge in [-0.25, -0.2) is 0 Å². The number of Topliss-reactive ketones (excluding diaryl/α,β-unsaturated/α-hetero) is 1. The number of aromatic nitrogens is 1. The molecule has 0 radical (unpaired) electrons. The summed E-state index contributed by atoms with van der Waals surface area (Å²) in [7, 11) is 3.08. The number of nitrogens with zero attached hydrogens (tertiary/aromatic N) is 2. The van der Waals surface area contributed by atoms with Gasteiger partial charge < -0.3 is 23.6 Å². The normalized spacial score (nSPS) is 16.9. The molecule has 3 aromatic rings. The Morgan fingerprint density at radius 2 is 1.85 bits per heavy atom. The molecular weight excluding hydrogens is 436 g/mol. The lowest BCUT2D eigenvalue weighted by molar-refractivity contribution is -0.134. The molecule has 0 aliphatic carbocycles. The number of methoxy groups -OCH3 is 2. The molecule has 0 atom stereocenters. The van der Waals surface area contributed by atoms with Gasteiger partial charge in [0.2, 0.25) is 11.7 Å². The summed E-state index contributed by atoms with van der Waals surface area (Å²) in [5.74, 6) is 1.38. The van der Waals surface area contributed by atoms with Crippen molar-refractivity contribution in [2.24, 2.45) is 0 Å². The Morgan fingerprint density at radius 3 is 2.56 bits per heavy atom. The number of hydrogen-bond donors (Lipinski definition) is 0. The highest BCUT2D eigenvalue weighted by Crippen LogP contribution is 2.47. The predicted molar refractivity (Wildman–Crippen MR) is 125 cm³/mol. The summed E-state index contributed by atoms with van der Waals surface area (Å²) in [4.78, 5) is 27.9. The van der Waals surface area contributed by atoms with Gasteiger partial charge in [0.05, 0.1) is 32.6 Å². The Balaban J connectivity index is 1.31. The molecule has 1 amide bonds. The van der Waals surface area contributed by atoms with Crippen molar-refractivity contribution in [3.05, 3.63) is 46.6 Å². The van der Waals surface area contributed by atoms with Gasteiger partial charge in [-0.3, -0.25) is 9.59 Å². The lowest BCUT2D eigenvalue weighted by atomic mass is 9.82. The maximum absolute atomic E-state index is 13.1. The molecule has 1 aromatic heterocycles. The van der Waals surface area contributed by atoms with E-state index in [1.54, 1.807) is 19.2 Å². The summed E-state index contributed by atoms with van der Waals surface area (Å²) in [6.07, 6.45) is 1.57. The van der Waals surface area contributed by atoms with E-state index in [4.69, 9.17) is 18.7 Å². The lowest BCUT2D eigenvalue weighted by Gasteiger charge is -2.44. The van der Waals surface area contributed by atoms with E-state index in [2.05, 4.69) is 5.16 Å². The predicted octanol–water partition coefficient (Wildman–Crippen LogP) is 4.03. The Bertz CT molecular complexity index is 1290. The number of fused-ring (bicyclic) bond motifs is 2. The first-order chi connectivity index (χ1) is 16.3. The third-order valence-corrected chi connectivity index (χ3v) is 7.11. The Morgan fingerprint density at radius 1 is 1.12 bits per heavy atom. The van der Waals surface area contributed by atoms with Gasteiger partial charge in [-0.05, 0) is 49.2 Å². The zero-order valence-electron chi connectivity index (χ0n) is 19.9. The highest BCUT2D eigenvalue weighted by Gasteiger charge is 2.45. The monoisotopic (exact) mass is 464 g/mol. The molecule has 2 aromatic carbocycles. The largest absolute Gasteiger partial charge is 0.493 e. The molecule has 0 saturated carbocycles. The van der Waals surface area contributed by atoms with E-state index in [9.17, 15) is 9.59 Å².